The van der Waals surface area contributed by atoms with E-state index in [0.29, 0.717) is 22.9 Å². The fourth-order valence-corrected chi connectivity index (χ4v) is 3.00. The van der Waals surface area contributed by atoms with Gasteiger partial charge in [-0.2, -0.15) is 5.26 Å². The number of rotatable bonds is 3. The Kier molecular flexibility index (Phi) is 5.31. The Labute approximate surface area is 160 Å². The van der Waals surface area contributed by atoms with Crippen LogP contribution >= 0.6 is 11.6 Å². The number of halogens is 1. The van der Waals surface area contributed by atoms with Crippen molar-refractivity contribution in [1.82, 2.24) is 5.32 Å². The molecule has 0 saturated heterocycles. The van der Waals surface area contributed by atoms with E-state index < -0.39 is 17.4 Å². The van der Waals surface area contributed by atoms with Gasteiger partial charge in [0.1, 0.15) is 17.4 Å². The van der Waals surface area contributed by atoms with Crippen LogP contribution in [0.25, 0.3) is 0 Å². The molecular weight excluding hydrogens is 370 g/mol. The molecule has 0 aliphatic carbocycles. The van der Waals surface area contributed by atoms with E-state index in [1.54, 1.807) is 24.3 Å². The Morgan fingerprint density at radius 1 is 1.26 bits per heavy atom. The van der Waals surface area contributed by atoms with Gasteiger partial charge in [0.05, 0.1) is 24.4 Å². The molecule has 0 bridgehead atoms. The average molecular weight is 386 g/mol. The third kappa shape index (κ3) is 4.03. The van der Waals surface area contributed by atoms with Gasteiger partial charge in [-0.15, -0.1) is 0 Å². The first-order valence-electron chi connectivity index (χ1n) is 8.16. The predicted molar refractivity (Wildman–Crippen MR) is 98.3 cm³/mol. The average Bonchev–Trinajstić information content (AvgIpc) is 2.67. The number of benzene rings is 2. The highest BCUT2D eigenvalue weighted by Gasteiger charge is 2.36. The van der Waals surface area contributed by atoms with E-state index in [-0.39, 0.29) is 24.2 Å². The maximum Gasteiger partial charge on any atom is 0.313 e. The normalized spacial score (nSPS) is 17.8. The van der Waals surface area contributed by atoms with Gasteiger partial charge in [-0.25, -0.2) is 0 Å². The molecule has 1 atom stereocenters. The Bertz CT molecular complexity index is 941. The van der Waals surface area contributed by atoms with Crippen LogP contribution in [0.3, 0.4) is 0 Å². The number of anilines is 1. The summed E-state index contributed by atoms with van der Waals surface area (Å²) in [7, 11) is 0. The molecular formula is C19H16ClN3O4. The lowest BCUT2D eigenvalue weighted by Gasteiger charge is -2.34. The Balaban J connectivity index is 1.67. The van der Waals surface area contributed by atoms with Crippen LogP contribution in [0.15, 0.2) is 42.5 Å². The Morgan fingerprint density at radius 3 is 2.81 bits per heavy atom. The van der Waals surface area contributed by atoms with Crippen LogP contribution in [0.1, 0.15) is 17.5 Å². The molecule has 0 fully saturated rings. The van der Waals surface area contributed by atoms with Gasteiger partial charge in [0.15, 0.2) is 0 Å². The third-order valence-corrected chi connectivity index (χ3v) is 4.49. The van der Waals surface area contributed by atoms with Crippen molar-refractivity contribution in [3.8, 4) is 11.8 Å². The number of hydrogen-bond donors (Lipinski definition) is 3. The number of aliphatic hydroxyl groups is 1. The van der Waals surface area contributed by atoms with Gasteiger partial charge in [0, 0.05) is 17.0 Å². The quantitative estimate of drug-likeness (QED) is 0.699. The molecule has 2 aromatic rings. The number of fused-ring (bicyclic) bond motifs is 1. The zero-order valence-electron chi connectivity index (χ0n) is 14.2. The van der Waals surface area contributed by atoms with Crippen LogP contribution in [0.2, 0.25) is 5.02 Å². The Hall–Kier alpha value is -3.08. The number of amides is 2. The van der Waals surface area contributed by atoms with Crippen LogP contribution in [-0.4, -0.2) is 30.1 Å². The first-order chi connectivity index (χ1) is 12.9. The zero-order chi connectivity index (χ0) is 19.4. The molecule has 8 heteroatoms. The minimum atomic E-state index is -1.33. The molecule has 27 heavy (non-hydrogen) atoms. The number of carbonyl (C=O) groups is 2. The van der Waals surface area contributed by atoms with Gasteiger partial charge < -0.3 is 20.5 Å². The maximum atomic E-state index is 12.1. The van der Waals surface area contributed by atoms with E-state index in [0.717, 1.165) is 0 Å². The van der Waals surface area contributed by atoms with Crippen LogP contribution < -0.4 is 15.4 Å². The molecule has 1 heterocycles. The first kappa shape index (κ1) is 18.7. The van der Waals surface area contributed by atoms with Crippen molar-refractivity contribution in [3.05, 3.63) is 58.6 Å². The highest BCUT2D eigenvalue weighted by atomic mass is 35.5. The number of para-hydroxylation sites is 1. The maximum absolute atomic E-state index is 12.1. The minimum absolute atomic E-state index is 0.139. The monoisotopic (exact) mass is 385 g/mol. The summed E-state index contributed by atoms with van der Waals surface area (Å²) in [6.07, 6.45) is 0.277. The fraction of sp³-hybridized carbons (Fsp3) is 0.211. The van der Waals surface area contributed by atoms with Crippen molar-refractivity contribution in [3.63, 3.8) is 0 Å². The molecule has 1 aliphatic heterocycles. The van der Waals surface area contributed by atoms with Gasteiger partial charge in [0.2, 0.25) is 0 Å². The topological polar surface area (TPSA) is 111 Å². The van der Waals surface area contributed by atoms with E-state index in [4.69, 9.17) is 21.6 Å². The SMILES string of the molecule is N#Cc1ccc(Cl)cc1NC(=O)C(=O)NCC1(O)CCOc2ccccc21. The van der Waals surface area contributed by atoms with E-state index >= 15 is 0 Å². The molecule has 1 aliphatic rings. The number of nitriles is 1. The summed E-state index contributed by atoms with van der Waals surface area (Å²) in [5, 5.41) is 25.1. The van der Waals surface area contributed by atoms with Crippen molar-refractivity contribution < 1.29 is 19.4 Å². The van der Waals surface area contributed by atoms with E-state index in [1.807, 2.05) is 6.07 Å². The van der Waals surface area contributed by atoms with Crippen molar-refractivity contribution in [2.75, 3.05) is 18.5 Å². The lowest BCUT2D eigenvalue weighted by atomic mass is 9.88. The summed E-state index contributed by atoms with van der Waals surface area (Å²) < 4.78 is 5.49. The number of hydrogen-bond acceptors (Lipinski definition) is 5. The second-order valence-electron chi connectivity index (χ2n) is 6.06. The summed E-state index contributed by atoms with van der Waals surface area (Å²) in [5.41, 5.74) is -0.463. The molecule has 3 N–H and O–H groups in total. The highest BCUT2D eigenvalue weighted by molar-refractivity contribution is 6.40. The molecule has 0 saturated carbocycles. The molecule has 2 amide bonds. The van der Waals surface area contributed by atoms with Crippen molar-refractivity contribution >= 4 is 29.1 Å². The lowest BCUT2D eigenvalue weighted by molar-refractivity contribution is -0.137. The number of nitrogens with one attached hydrogen (secondary N) is 2. The molecule has 0 aromatic heterocycles. The second kappa shape index (κ2) is 7.66. The van der Waals surface area contributed by atoms with Crippen molar-refractivity contribution in [1.29, 1.82) is 5.26 Å². The summed E-state index contributed by atoms with van der Waals surface area (Å²) in [6.45, 7) is 0.143. The second-order valence-corrected chi connectivity index (χ2v) is 6.50. The van der Waals surface area contributed by atoms with Crippen molar-refractivity contribution in [2.24, 2.45) is 0 Å². The Morgan fingerprint density at radius 2 is 2.04 bits per heavy atom. The number of nitrogens with zero attached hydrogens (tertiary/aromatic N) is 1. The smallest absolute Gasteiger partial charge is 0.313 e. The van der Waals surface area contributed by atoms with Crippen LogP contribution in [0, 0.1) is 11.3 Å². The molecule has 0 radical (unpaired) electrons. The standard InChI is InChI=1S/C19H16ClN3O4/c20-13-6-5-12(10-21)15(9-13)23-18(25)17(24)22-11-19(26)7-8-27-16-4-2-1-3-14(16)19/h1-6,9,26H,7-8,11H2,(H,22,24)(H,23,25). The summed E-state index contributed by atoms with van der Waals surface area (Å²) >= 11 is 5.86. The third-order valence-electron chi connectivity index (χ3n) is 4.26. The van der Waals surface area contributed by atoms with Crippen LogP contribution in [-0.2, 0) is 15.2 Å². The summed E-state index contributed by atoms with van der Waals surface area (Å²) in [5.74, 6) is -1.35. The molecule has 1 unspecified atom stereocenters. The van der Waals surface area contributed by atoms with E-state index in [1.165, 1.54) is 18.2 Å². The summed E-state index contributed by atoms with van der Waals surface area (Å²) in [4.78, 5) is 24.3. The largest absolute Gasteiger partial charge is 0.493 e. The van der Waals surface area contributed by atoms with E-state index in [9.17, 15) is 14.7 Å². The highest BCUT2D eigenvalue weighted by Crippen LogP contribution is 2.36. The number of carbonyl (C=O) groups excluding carboxylic acids is 2. The number of ether oxygens (including phenoxy) is 1. The zero-order valence-corrected chi connectivity index (χ0v) is 14.9. The summed E-state index contributed by atoms with van der Waals surface area (Å²) in [6, 6.07) is 13.2. The van der Waals surface area contributed by atoms with Crippen LogP contribution in [0.4, 0.5) is 5.69 Å². The first-order valence-corrected chi connectivity index (χ1v) is 8.54. The molecule has 3 rings (SSSR count). The fourth-order valence-electron chi connectivity index (χ4n) is 2.83. The molecule has 7 nitrogen and oxygen atoms in total. The van der Waals surface area contributed by atoms with E-state index in [2.05, 4.69) is 10.6 Å². The van der Waals surface area contributed by atoms with Gasteiger partial charge in [-0.05, 0) is 24.3 Å². The van der Waals surface area contributed by atoms with Gasteiger partial charge >= 0.3 is 11.8 Å². The molecule has 0 spiro atoms. The molecule has 138 valence electrons. The minimum Gasteiger partial charge on any atom is -0.493 e. The van der Waals surface area contributed by atoms with Gasteiger partial charge in [0.25, 0.3) is 0 Å². The van der Waals surface area contributed by atoms with Crippen LogP contribution in [0.5, 0.6) is 5.75 Å². The lowest BCUT2D eigenvalue weighted by Crippen LogP contribution is -2.46. The predicted octanol–water partition coefficient (Wildman–Crippen LogP) is 1.94. The molecule has 2 aromatic carbocycles. The van der Waals surface area contributed by atoms with Gasteiger partial charge in [-0.3, -0.25) is 9.59 Å². The van der Waals surface area contributed by atoms with Crippen molar-refractivity contribution in [2.45, 2.75) is 12.0 Å². The van der Waals surface area contributed by atoms with Gasteiger partial charge in [-0.1, -0.05) is 29.8 Å².